The zero-order valence-corrected chi connectivity index (χ0v) is 15.4. The largest absolute Gasteiger partial charge is 0.316 e. The summed E-state index contributed by atoms with van der Waals surface area (Å²) in [4.78, 5) is 2.68. The van der Waals surface area contributed by atoms with Gasteiger partial charge in [-0.15, -0.1) is 0 Å². The third-order valence-electron chi connectivity index (χ3n) is 5.48. The zero-order valence-electron chi connectivity index (χ0n) is 15.4. The van der Waals surface area contributed by atoms with E-state index in [1.807, 2.05) is 0 Å². The van der Waals surface area contributed by atoms with Crippen molar-refractivity contribution in [2.45, 2.75) is 85.1 Å². The lowest BCUT2D eigenvalue weighted by atomic mass is 9.81. The summed E-state index contributed by atoms with van der Waals surface area (Å²) in [5.41, 5.74) is 0.431. The third kappa shape index (κ3) is 6.69. The van der Waals surface area contributed by atoms with E-state index in [0.29, 0.717) is 5.41 Å². The fraction of sp³-hybridized carbons (Fsp3) is 1.00. The Hall–Kier alpha value is -0.0800. The summed E-state index contributed by atoms with van der Waals surface area (Å²) >= 11 is 0. The van der Waals surface area contributed by atoms with Gasteiger partial charge in [-0.3, -0.25) is 0 Å². The van der Waals surface area contributed by atoms with Gasteiger partial charge in [-0.25, -0.2) is 0 Å². The Morgan fingerprint density at radius 1 is 1.05 bits per heavy atom. The molecule has 1 saturated carbocycles. The Morgan fingerprint density at radius 3 is 2.24 bits per heavy atom. The molecule has 0 radical (unpaired) electrons. The quantitative estimate of drug-likeness (QED) is 0.588. The van der Waals surface area contributed by atoms with Gasteiger partial charge in [0.1, 0.15) is 0 Å². The van der Waals surface area contributed by atoms with Crippen molar-refractivity contribution in [1.82, 2.24) is 10.2 Å². The fourth-order valence-electron chi connectivity index (χ4n) is 4.12. The van der Waals surface area contributed by atoms with Crippen molar-refractivity contribution in [1.29, 1.82) is 0 Å². The highest BCUT2D eigenvalue weighted by Crippen LogP contribution is 2.31. The summed E-state index contributed by atoms with van der Waals surface area (Å²) in [7, 11) is 2.37. The van der Waals surface area contributed by atoms with Gasteiger partial charge in [0.2, 0.25) is 0 Å². The van der Waals surface area contributed by atoms with Crippen LogP contribution < -0.4 is 5.32 Å². The fourth-order valence-corrected chi connectivity index (χ4v) is 4.12. The van der Waals surface area contributed by atoms with Crippen molar-refractivity contribution in [3.8, 4) is 0 Å². The lowest BCUT2D eigenvalue weighted by molar-refractivity contribution is 0.102. The van der Waals surface area contributed by atoms with Crippen LogP contribution in [0, 0.1) is 11.3 Å². The van der Waals surface area contributed by atoms with E-state index >= 15 is 0 Å². The van der Waals surface area contributed by atoms with Gasteiger partial charge in [-0.1, -0.05) is 40.5 Å². The summed E-state index contributed by atoms with van der Waals surface area (Å²) < 4.78 is 0. The summed E-state index contributed by atoms with van der Waals surface area (Å²) in [6, 6.07) is 0.829. The normalized spacial score (nSPS) is 26.0. The molecule has 1 unspecified atom stereocenters. The smallest absolute Gasteiger partial charge is 0.00926 e. The molecule has 1 aliphatic rings. The van der Waals surface area contributed by atoms with Gasteiger partial charge in [0.25, 0.3) is 0 Å². The Balaban J connectivity index is 2.45. The summed E-state index contributed by atoms with van der Waals surface area (Å²) in [5.74, 6) is 1.00. The number of nitrogens with one attached hydrogen (secondary N) is 1. The maximum absolute atomic E-state index is 3.66. The van der Waals surface area contributed by atoms with Crippen molar-refractivity contribution in [3.05, 3.63) is 0 Å². The van der Waals surface area contributed by atoms with Crippen LogP contribution in [0.5, 0.6) is 0 Å². The van der Waals surface area contributed by atoms with Crippen LogP contribution in [-0.2, 0) is 0 Å². The van der Waals surface area contributed by atoms with Gasteiger partial charge in [0.05, 0.1) is 0 Å². The topological polar surface area (TPSA) is 15.3 Å². The van der Waals surface area contributed by atoms with Crippen LogP contribution in [0.1, 0.15) is 79.1 Å². The molecule has 1 fully saturated rings. The van der Waals surface area contributed by atoms with Crippen LogP contribution in [0.3, 0.4) is 0 Å². The van der Waals surface area contributed by atoms with Crippen LogP contribution in [-0.4, -0.2) is 37.6 Å². The molecule has 0 spiro atoms. The van der Waals surface area contributed by atoms with E-state index in [9.17, 15) is 0 Å². The Kier molecular flexibility index (Phi) is 8.89. The average Bonchev–Trinajstić information content (AvgIpc) is 2.47. The molecule has 0 amide bonds. The van der Waals surface area contributed by atoms with Crippen LogP contribution in [0.2, 0.25) is 0 Å². The van der Waals surface area contributed by atoms with Crippen LogP contribution in [0.15, 0.2) is 0 Å². The standard InChI is InChI=1S/C19H40N2/c1-6-13-19(4,15-20-14-7-2)16-21(5)18-11-9-17(8-3)10-12-18/h17-18,20H,6-16H2,1-5H3. The minimum atomic E-state index is 0.431. The van der Waals surface area contributed by atoms with E-state index < -0.39 is 0 Å². The van der Waals surface area contributed by atoms with Crippen LogP contribution in [0.25, 0.3) is 0 Å². The summed E-state index contributed by atoms with van der Waals surface area (Å²) in [5, 5.41) is 3.66. The van der Waals surface area contributed by atoms with E-state index in [4.69, 9.17) is 0 Å². The highest BCUT2D eigenvalue weighted by Gasteiger charge is 2.29. The first-order valence-electron chi connectivity index (χ1n) is 9.45. The Labute approximate surface area is 134 Å². The maximum Gasteiger partial charge on any atom is 0.00926 e. The van der Waals surface area contributed by atoms with Gasteiger partial charge in [-0.05, 0) is 63.5 Å². The molecule has 1 N–H and O–H groups in total. The minimum Gasteiger partial charge on any atom is -0.316 e. The molecule has 126 valence electrons. The lowest BCUT2D eigenvalue weighted by Crippen LogP contribution is -2.45. The molecule has 0 aromatic heterocycles. The average molecular weight is 297 g/mol. The van der Waals surface area contributed by atoms with Gasteiger partial charge in [0, 0.05) is 19.1 Å². The predicted molar refractivity (Wildman–Crippen MR) is 94.8 cm³/mol. The first-order chi connectivity index (χ1) is 10.0. The molecule has 0 heterocycles. The minimum absolute atomic E-state index is 0.431. The molecule has 0 saturated heterocycles. The van der Waals surface area contributed by atoms with Gasteiger partial charge in [-0.2, -0.15) is 0 Å². The Bertz CT molecular complexity index is 258. The highest BCUT2D eigenvalue weighted by atomic mass is 15.1. The molecule has 21 heavy (non-hydrogen) atoms. The highest BCUT2D eigenvalue weighted by molar-refractivity contribution is 4.84. The second kappa shape index (κ2) is 9.84. The van der Waals surface area contributed by atoms with Crippen molar-refractivity contribution < 1.29 is 0 Å². The molecular weight excluding hydrogens is 256 g/mol. The van der Waals surface area contributed by atoms with Gasteiger partial charge in [0.15, 0.2) is 0 Å². The predicted octanol–water partition coefficient (Wildman–Crippen LogP) is 4.69. The molecule has 2 heteroatoms. The van der Waals surface area contributed by atoms with E-state index in [1.54, 1.807) is 0 Å². The van der Waals surface area contributed by atoms with E-state index in [0.717, 1.165) is 18.5 Å². The third-order valence-corrected chi connectivity index (χ3v) is 5.48. The summed E-state index contributed by atoms with van der Waals surface area (Å²) in [6.45, 7) is 13.0. The molecule has 1 atom stereocenters. The molecule has 2 nitrogen and oxygen atoms in total. The molecule has 1 rings (SSSR count). The number of rotatable bonds is 10. The first-order valence-corrected chi connectivity index (χ1v) is 9.45. The van der Waals surface area contributed by atoms with Crippen molar-refractivity contribution in [2.75, 3.05) is 26.7 Å². The van der Waals surface area contributed by atoms with E-state index in [2.05, 4.69) is 45.0 Å². The molecule has 0 bridgehead atoms. The van der Waals surface area contributed by atoms with Crippen molar-refractivity contribution in [2.24, 2.45) is 11.3 Å². The zero-order chi connectivity index (χ0) is 15.7. The number of nitrogens with zero attached hydrogens (tertiary/aromatic N) is 1. The molecular formula is C19H40N2. The lowest BCUT2D eigenvalue weighted by Gasteiger charge is -2.40. The van der Waals surface area contributed by atoms with Crippen LogP contribution in [0.4, 0.5) is 0 Å². The second-order valence-corrected chi connectivity index (χ2v) is 7.74. The molecule has 0 aromatic carbocycles. The van der Waals surface area contributed by atoms with Crippen LogP contribution >= 0.6 is 0 Å². The first kappa shape index (κ1) is 19.0. The van der Waals surface area contributed by atoms with Gasteiger partial charge >= 0.3 is 0 Å². The van der Waals surface area contributed by atoms with Crippen molar-refractivity contribution in [3.63, 3.8) is 0 Å². The van der Waals surface area contributed by atoms with E-state index in [-0.39, 0.29) is 0 Å². The molecule has 0 aliphatic heterocycles. The summed E-state index contributed by atoms with van der Waals surface area (Å²) in [6.07, 6.45) is 11.0. The second-order valence-electron chi connectivity index (χ2n) is 7.74. The monoisotopic (exact) mass is 296 g/mol. The number of hydrogen-bond donors (Lipinski definition) is 1. The van der Waals surface area contributed by atoms with Gasteiger partial charge < -0.3 is 10.2 Å². The van der Waals surface area contributed by atoms with E-state index in [1.165, 1.54) is 64.5 Å². The Morgan fingerprint density at radius 2 is 1.71 bits per heavy atom. The van der Waals surface area contributed by atoms with Crippen molar-refractivity contribution >= 4 is 0 Å². The molecule has 1 aliphatic carbocycles. The maximum atomic E-state index is 3.66. The SMILES string of the molecule is CCCNCC(C)(CCC)CN(C)C1CCC(CC)CC1. The number of hydrogen-bond acceptors (Lipinski definition) is 2. The molecule has 0 aromatic rings.